The fourth-order valence-corrected chi connectivity index (χ4v) is 1.45. The summed E-state index contributed by atoms with van der Waals surface area (Å²) < 4.78 is 0. The van der Waals surface area contributed by atoms with Gasteiger partial charge in [-0.1, -0.05) is 6.07 Å². The molecule has 0 unspecified atom stereocenters. The van der Waals surface area contributed by atoms with Gasteiger partial charge in [-0.3, -0.25) is 4.98 Å². The highest BCUT2D eigenvalue weighted by atomic mass is 15.3. The highest BCUT2D eigenvalue weighted by Gasteiger charge is 2.05. The summed E-state index contributed by atoms with van der Waals surface area (Å²) in [5, 5.41) is 3.19. The summed E-state index contributed by atoms with van der Waals surface area (Å²) in [4.78, 5) is 12.4. The van der Waals surface area contributed by atoms with Gasteiger partial charge in [0.1, 0.15) is 18.0 Å². The Labute approximate surface area is 99.3 Å². The summed E-state index contributed by atoms with van der Waals surface area (Å²) in [6, 6.07) is 5.78. The van der Waals surface area contributed by atoms with Gasteiger partial charge in [0.15, 0.2) is 0 Å². The van der Waals surface area contributed by atoms with E-state index in [4.69, 9.17) is 5.84 Å². The Balaban J connectivity index is 2.09. The molecule has 6 heteroatoms. The molecular weight excluding hydrogens is 216 g/mol. The average Bonchev–Trinajstić information content (AvgIpc) is 2.39. The molecule has 2 aromatic rings. The second kappa shape index (κ2) is 5.22. The number of hydrogen-bond donors (Lipinski definition) is 3. The van der Waals surface area contributed by atoms with Gasteiger partial charge in [-0.25, -0.2) is 15.8 Å². The fraction of sp³-hybridized carbons (Fsp3) is 0.182. The lowest BCUT2D eigenvalue weighted by Gasteiger charge is -2.10. The molecule has 0 aliphatic rings. The van der Waals surface area contributed by atoms with Gasteiger partial charge in [0.25, 0.3) is 0 Å². The third-order valence-corrected chi connectivity index (χ3v) is 2.38. The predicted molar refractivity (Wildman–Crippen MR) is 66.1 cm³/mol. The molecule has 2 aromatic heterocycles. The highest BCUT2D eigenvalue weighted by Crippen LogP contribution is 2.17. The van der Waals surface area contributed by atoms with Crippen LogP contribution in [0.3, 0.4) is 0 Å². The van der Waals surface area contributed by atoms with Crippen molar-refractivity contribution in [3.63, 3.8) is 0 Å². The quantitative estimate of drug-likeness (QED) is 0.538. The Morgan fingerprint density at radius 1 is 1.18 bits per heavy atom. The van der Waals surface area contributed by atoms with Crippen LogP contribution in [0.1, 0.15) is 11.3 Å². The molecule has 0 radical (unpaired) electrons. The second-order valence-electron chi connectivity index (χ2n) is 3.51. The Hall–Kier alpha value is -2.21. The highest BCUT2D eigenvalue weighted by molar-refractivity contribution is 5.55. The van der Waals surface area contributed by atoms with Crippen LogP contribution in [0.15, 0.2) is 30.7 Å². The van der Waals surface area contributed by atoms with Crippen LogP contribution >= 0.6 is 0 Å². The van der Waals surface area contributed by atoms with Crippen molar-refractivity contribution in [1.29, 1.82) is 0 Å². The summed E-state index contributed by atoms with van der Waals surface area (Å²) in [5.41, 5.74) is 4.36. The van der Waals surface area contributed by atoms with Gasteiger partial charge in [0.2, 0.25) is 0 Å². The first-order valence-corrected chi connectivity index (χ1v) is 5.23. The first-order chi connectivity index (χ1) is 8.31. The van der Waals surface area contributed by atoms with E-state index in [0.29, 0.717) is 12.4 Å². The van der Waals surface area contributed by atoms with Crippen molar-refractivity contribution >= 4 is 11.6 Å². The van der Waals surface area contributed by atoms with Crippen LogP contribution in [0, 0.1) is 6.92 Å². The normalized spacial score (nSPS) is 10.0. The zero-order valence-corrected chi connectivity index (χ0v) is 9.51. The lowest BCUT2D eigenvalue weighted by molar-refractivity contribution is 1.01. The molecule has 4 N–H and O–H groups in total. The van der Waals surface area contributed by atoms with Gasteiger partial charge >= 0.3 is 0 Å². The molecule has 0 aromatic carbocycles. The summed E-state index contributed by atoms with van der Waals surface area (Å²) in [6.45, 7) is 2.51. The number of pyridine rings is 1. The van der Waals surface area contributed by atoms with Crippen molar-refractivity contribution in [3.05, 3.63) is 42.0 Å². The standard InChI is InChI=1S/C11H14N6/c1-8-10(15-7-16-11(8)17-12)14-6-9-4-2-3-5-13-9/h2-5,7H,6,12H2,1H3,(H2,14,15,16,17). The van der Waals surface area contributed by atoms with Crippen molar-refractivity contribution in [2.24, 2.45) is 5.84 Å². The second-order valence-corrected chi connectivity index (χ2v) is 3.51. The maximum Gasteiger partial charge on any atom is 0.148 e. The van der Waals surface area contributed by atoms with E-state index in [9.17, 15) is 0 Å². The van der Waals surface area contributed by atoms with Crippen LogP contribution in [0.5, 0.6) is 0 Å². The molecule has 0 aliphatic carbocycles. The minimum absolute atomic E-state index is 0.614. The zero-order chi connectivity index (χ0) is 12.1. The fourth-order valence-electron chi connectivity index (χ4n) is 1.45. The van der Waals surface area contributed by atoms with Crippen LogP contribution in [-0.2, 0) is 6.54 Å². The minimum Gasteiger partial charge on any atom is -0.364 e. The predicted octanol–water partition coefficient (Wildman–Crippen LogP) is 1.08. The number of aromatic nitrogens is 3. The van der Waals surface area contributed by atoms with Gasteiger partial charge in [-0.05, 0) is 19.1 Å². The van der Waals surface area contributed by atoms with E-state index in [1.54, 1.807) is 6.20 Å². The molecule has 0 bridgehead atoms. The van der Waals surface area contributed by atoms with E-state index in [0.717, 1.165) is 17.1 Å². The van der Waals surface area contributed by atoms with Gasteiger partial charge in [-0.2, -0.15) is 0 Å². The topological polar surface area (TPSA) is 88.8 Å². The number of nitrogens with two attached hydrogens (primary N) is 1. The molecule has 0 atom stereocenters. The molecule has 0 aliphatic heterocycles. The average molecular weight is 230 g/mol. The van der Waals surface area contributed by atoms with E-state index in [-0.39, 0.29) is 0 Å². The molecule has 0 amide bonds. The first-order valence-electron chi connectivity index (χ1n) is 5.23. The molecule has 2 heterocycles. The van der Waals surface area contributed by atoms with Crippen LogP contribution < -0.4 is 16.6 Å². The number of anilines is 2. The molecule has 2 rings (SSSR count). The lowest BCUT2D eigenvalue weighted by atomic mass is 10.3. The van der Waals surface area contributed by atoms with E-state index < -0.39 is 0 Å². The van der Waals surface area contributed by atoms with E-state index in [1.165, 1.54) is 6.33 Å². The Kier molecular flexibility index (Phi) is 3.46. The van der Waals surface area contributed by atoms with Crippen LogP contribution in [0.4, 0.5) is 11.6 Å². The van der Waals surface area contributed by atoms with Crippen LogP contribution in [0.25, 0.3) is 0 Å². The minimum atomic E-state index is 0.614. The van der Waals surface area contributed by atoms with Crippen molar-refractivity contribution < 1.29 is 0 Å². The molecule has 0 saturated carbocycles. The smallest absolute Gasteiger partial charge is 0.148 e. The number of nitrogens with zero attached hydrogens (tertiary/aromatic N) is 3. The summed E-state index contributed by atoms with van der Waals surface area (Å²) >= 11 is 0. The number of rotatable bonds is 4. The molecule has 88 valence electrons. The van der Waals surface area contributed by atoms with Crippen molar-refractivity contribution in [2.75, 3.05) is 10.7 Å². The summed E-state index contributed by atoms with van der Waals surface area (Å²) in [6.07, 6.45) is 3.22. The molecule has 6 nitrogen and oxygen atoms in total. The largest absolute Gasteiger partial charge is 0.364 e. The van der Waals surface area contributed by atoms with Gasteiger partial charge < -0.3 is 10.7 Å². The van der Waals surface area contributed by atoms with Crippen molar-refractivity contribution in [1.82, 2.24) is 15.0 Å². The first kappa shape index (κ1) is 11.3. The maximum absolute atomic E-state index is 5.35. The van der Waals surface area contributed by atoms with Crippen molar-refractivity contribution in [2.45, 2.75) is 13.5 Å². The van der Waals surface area contributed by atoms with Gasteiger partial charge in [-0.15, -0.1) is 0 Å². The van der Waals surface area contributed by atoms with Gasteiger partial charge in [0.05, 0.1) is 12.2 Å². The molecule has 0 fully saturated rings. The molecule has 17 heavy (non-hydrogen) atoms. The number of hydrazine groups is 1. The van der Waals surface area contributed by atoms with Crippen molar-refractivity contribution in [3.8, 4) is 0 Å². The Morgan fingerprint density at radius 3 is 2.71 bits per heavy atom. The Morgan fingerprint density at radius 2 is 2.00 bits per heavy atom. The van der Waals surface area contributed by atoms with Crippen LogP contribution in [0.2, 0.25) is 0 Å². The van der Waals surface area contributed by atoms with Crippen LogP contribution in [-0.4, -0.2) is 15.0 Å². The third-order valence-electron chi connectivity index (χ3n) is 2.38. The molecular formula is C11H14N6. The van der Waals surface area contributed by atoms with E-state index >= 15 is 0 Å². The lowest BCUT2D eigenvalue weighted by Crippen LogP contribution is -2.12. The van der Waals surface area contributed by atoms with E-state index in [2.05, 4.69) is 25.7 Å². The maximum atomic E-state index is 5.35. The van der Waals surface area contributed by atoms with E-state index in [1.807, 2.05) is 25.1 Å². The number of nitrogen functional groups attached to an aromatic ring is 1. The monoisotopic (exact) mass is 230 g/mol. The number of nitrogens with one attached hydrogen (secondary N) is 2. The number of hydrogen-bond acceptors (Lipinski definition) is 6. The third kappa shape index (κ3) is 2.67. The zero-order valence-electron chi connectivity index (χ0n) is 9.51. The van der Waals surface area contributed by atoms with Gasteiger partial charge in [0, 0.05) is 11.8 Å². The summed E-state index contributed by atoms with van der Waals surface area (Å²) in [7, 11) is 0. The SMILES string of the molecule is Cc1c(NN)ncnc1NCc1ccccn1. The Bertz CT molecular complexity index is 485. The molecule has 0 saturated heterocycles. The molecule has 0 spiro atoms. The summed E-state index contributed by atoms with van der Waals surface area (Å²) in [5.74, 6) is 6.71.